The summed E-state index contributed by atoms with van der Waals surface area (Å²) in [5.74, 6) is 0. The molecule has 5 heteroatoms. The second kappa shape index (κ2) is 6.17. The van der Waals surface area contributed by atoms with Gasteiger partial charge in [-0.2, -0.15) is 0 Å². The van der Waals surface area contributed by atoms with Gasteiger partial charge in [0.1, 0.15) is 0 Å². The Morgan fingerprint density at radius 2 is 1.95 bits per heavy atom. The molecule has 3 nitrogen and oxygen atoms in total. The minimum Gasteiger partial charge on any atom is -0.329 e. The summed E-state index contributed by atoms with van der Waals surface area (Å²) in [4.78, 5) is 4.23. The normalized spacial score (nSPS) is 11.8. The second-order valence-electron chi connectivity index (χ2n) is 5.10. The molecule has 2 rings (SSSR count). The highest BCUT2D eigenvalue weighted by Crippen LogP contribution is 2.31. The first kappa shape index (κ1) is 15.4. The lowest BCUT2D eigenvalue weighted by molar-refractivity contribution is 0.340. The van der Waals surface area contributed by atoms with E-state index >= 15 is 0 Å². The average molecular weight is 312 g/mol. The van der Waals surface area contributed by atoms with Gasteiger partial charge in [0.15, 0.2) is 0 Å². The van der Waals surface area contributed by atoms with Crippen LogP contribution in [0.2, 0.25) is 10.0 Å². The lowest BCUT2D eigenvalue weighted by Crippen LogP contribution is -2.42. The molecule has 0 spiro atoms. The summed E-state index contributed by atoms with van der Waals surface area (Å²) >= 11 is 12.3. The van der Waals surface area contributed by atoms with Crippen molar-refractivity contribution in [2.75, 3.05) is 0 Å². The molecule has 1 aromatic heterocycles. The van der Waals surface area contributed by atoms with Gasteiger partial charge in [-0.3, -0.25) is 0 Å². The first-order chi connectivity index (χ1) is 9.49. The van der Waals surface area contributed by atoms with Gasteiger partial charge in [-0.25, -0.2) is 4.98 Å². The minimum atomic E-state index is -0.236. The number of hydrogen-bond acceptors (Lipinski definition) is 2. The summed E-state index contributed by atoms with van der Waals surface area (Å²) in [6, 6.07) is 5.43. The van der Waals surface area contributed by atoms with Crippen molar-refractivity contribution in [1.29, 1.82) is 0 Å². The van der Waals surface area contributed by atoms with Gasteiger partial charge in [0.2, 0.25) is 0 Å². The van der Waals surface area contributed by atoms with E-state index in [1.54, 1.807) is 24.7 Å². The maximum absolute atomic E-state index is 6.40. The topological polar surface area (TPSA) is 43.8 Å². The Labute approximate surface area is 129 Å². The molecule has 1 heterocycles. The van der Waals surface area contributed by atoms with Gasteiger partial charge in [-0.1, -0.05) is 37.0 Å². The number of halogens is 2. The fourth-order valence-electron chi connectivity index (χ4n) is 2.18. The minimum absolute atomic E-state index is 0.236. The number of nitrogens with zero attached hydrogens (tertiary/aromatic N) is 2. The SMILES string of the molecule is CCC(N)(CC)Cn1cncc1-c1cc(Cl)ccc1Cl. The Morgan fingerprint density at radius 1 is 1.25 bits per heavy atom. The highest BCUT2D eigenvalue weighted by Gasteiger charge is 2.22. The van der Waals surface area contributed by atoms with Crippen LogP contribution in [0.1, 0.15) is 26.7 Å². The van der Waals surface area contributed by atoms with Crippen LogP contribution >= 0.6 is 23.2 Å². The predicted octanol–water partition coefficient (Wildman–Crippen LogP) is 4.37. The van der Waals surface area contributed by atoms with Crippen LogP contribution in [-0.4, -0.2) is 15.1 Å². The largest absolute Gasteiger partial charge is 0.329 e. The maximum Gasteiger partial charge on any atom is 0.0951 e. The van der Waals surface area contributed by atoms with Crippen LogP contribution in [0.15, 0.2) is 30.7 Å². The third-order valence-corrected chi connectivity index (χ3v) is 4.37. The first-order valence-electron chi connectivity index (χ1n) is 6.73. The number of nitrogens with two attached hydrogens (primary N) is 1. The molecule has 0 saturated heterocycles. The van der Waals surface area contributed by atoms with E-state index in [0.29, 0.717) is 16.6 Å². The van der Waals surface area contributed by atoms with E-state index in [1.165, 1.54) is 0 Å². The Morgan fingerprint density at radius 3 is 2.60 bits per heavy atom. The van der Waals surface area contributed by atoms with Crippen LogP contribution in [0, 0.1) is 0 Å². The smallest absolute Gasteiger partial charge is 0.0951 e. The van der Waals surface area contributed by atoms with E-state index in [1.807, 2.05) is 10.6 Å². The molecule has 0 saturated carbocycles. The molecule has 0 fully saturated rings. The standard InChI is InChI=1S/C15H19Cl2N3/c1-3-15(18,4-2)9-20-10-19-8-14(20)12-7-11(16)5-6-13(12)17/h5-8,10H,3-4,9,18H2,1-2H3. The number of aromatic nitrogens is 2. The zero-order chi connectivity index (χ0) is 14.8. The molecule has 20 heavy (non-hydrogen) atoms. The molecule has 0 amide bonds. The van der Waals surface area contributed by atoms with Gasteiger partial charge in [-0.05, 0) is 31.0 Å². The Kier molecular flexibility index (Phi) is 4.74. The molecule has 0 atom stereocenters. The molecular formula is C15H19Cl2N3. The fourth-order valence-corrected chi connectivity index (χ4v) is 2.56. The van der Waals surface area contributed by atoms with Crippen LogP contribution in [0.4, 0.5) is 0 Å². The van der Waals surface area contributed by atoms with Crippen LogP contribution < -0.4 is 5.73 Å². The number of hydrogen-bond donors (Lipinski definition) is 1. The molecule has 1 aromatic carbocycles. The quantitative estimate of drug-likeness (QED) is 0.890. The molecule has 0 unspecified atom stereocenters. The molecule has 0 aliphatic heterocycles. The van der Waals surface area contributed by atoms with E-state index < -0.39 is 0 Å². The summed E-state index contributed by atoms with van der Waals surface area (Å²) in [5.41, 5.74) is 7.98. The summed E-state index contributed by atoms with van der Waals surface area (Å²) in [7, 11) is 0. The van der Waals surface area contributed by atoms with Crippen molar-refractivity contribution in [2.24, 2.45) is 5.73 Å². The van der Waals surface area contributed by atoms with E-state index in [0.717, 1.165) is 24.1 Å². The molecule has 108 valence electrons. The second-order valence-corrected chi connectivity index (χ2v) is 5.94. The van der Waals surface area contributed by atoms with E-state index in [-0.39, 0.29) is 5.54 Å². The molecule has 0 bridgehead atoms. The predicted molar refractivity (Wildman–Crippen MR) is 85.2 cm³/mol. The highest BCUT2D eigenvalue weighted by molar-refractivity contribution is 6.35. The van der Waals surface area contributed by atoms with Crippen LogP contribution in [0.3, 0.4) is 0 Å². The molecule has 2 aromatic rings. The first-order valence-corrected chi connectivity index (χ1v) is 7.49. The third kappa shape index (κ3) is 3.17. The van der Waals surface area contributed by atoms with Crippen molar-refractivity contribution < 1.29 is 0 Å². The highest BCUT2D eigenvalue weighted by atomic mass is 35.5. The Bertz CT molecular complexity index is 589. The van der Waals surface area contributed by atoms with Crippen molar-refractivity contribution in [3.8, 4) is 11.3 Å². The monoisotopic (exact) mass is 311 g/mol. The van der Waals surface area contributed by atoms with E-state index in [4.69, 9.17) is 28.9 Å². The fraction of sp³-hybridized carbons (Fsp3) is 0.400. The van der Waals surface area contributed by atoms with Crippen molar-refractivity contribution >= 4 is 23.2 Å². The van der Waals surface area contributed by atoms with Crippen molar-refractivity contribution in [3.05, 3.63) is 40.8 Å². The molecule has 2 N–H and O–H groups in total. The van der Waals surface area contributed by atoms with Gasteiger partial charge in [-0.15, -0.1) is 0 Å². The van der Waals surface area contributed by atoms with Gasteiger partial charge in [0, 0.05) is 22.7 Å². The maximum atomic E-state index is 6.40. The van der Waals surface area contributed by atoms with Crippen molar-refractivity contribution in [2.45, 2.75) is 38.8 Å². The average Bonchev–Trinajstić information content (AvgIpc) is 2.89. The zero-order valence-corrected chi connectivity index (χ0v) is 13.2. The Hall–Kier alpha value is -1.03. The number of benzene rings is 1. The summed E-state index contributed by atoms with van der Waals surface area (Å²) in [6.45, 7) is 4.91. The lowest BCUT2D eigenvalue weighted by atomic mass is 9.94. The van der Waals surface area contributed by atoms with Gasteiger partial charge >= 0.3 is 0 Å². The number of rotatable bonds is 5. The third-order valence-electron chi connectivity index (χ3n) is 3.81. The van der Waals surface area contributed by atoms with Crippen LogP contribution in [-0.2, 0) is 6.54 Å². The number of imidazole rings is 1. The summed E-state index contributed by atoms with van der Waals surface area (Å²) < 4.78 is 2.05. The van der Waals surface area contributed by atoms with Gasteiger partial charge in [0.05, 0.1) is 23.2 Å². The van der Waals surface area contributed by atoms with Crippen LogP contribution in [0.25, 0.3) is 11.3 Å². The zero-order valence-electron chi connectivity index (χ0n) is 11.7. The van der Waals surface area contributed by atoms with Gasteiger partial charge in [0.25, 0.3) is 0 Å². The summed E-state index contributed by atoms with van der Waals surface area (Å²) in [6.07, 6.45) is 5.40. The van der Waals surface area contributed by atoms with E-state index in [2.05, 4.69) is 18.8 Å². The van der Waals surface area contributed by atoms with Crippen LogP contribution in [0.5, 0.6) is 0 Å². The molecule has 0 aliphatic carbocycles. The van der Waals surface area contributed by atoms with Crippen molar-refractivity contribution in [1.82, 2.24) is 9.55 Å². The molecular weight excluding hydrogens is 293 g/mol. The summed E-state index contributed by atoms with van der Waals surface area (Å²) in [5, 5.41) is 1.31. The molecule has 0 aliphatic rings. The van der Waals surface area contributed by atoms with Crippen molar-refractivity contribution in [3.63, 3.8) is 0 Å². The lowest BCUT2D eigenvalue weighted by Gasteiger charge is -2.28. The Balaban J connectivity index is 2.40. The molecule has 0 radical (unpaired) electrons. The van der Waals surface area contributed by atoms with E-state index in [9.17, 15) is 0 Å². The van der Waals surface area contributed by atoms with Gasteiger partial charge < -0.3 is 10.3 Å².